The van der Waals surface area contributed by atoms with Gasteiger partial charge < -0.3 is 10.1 Å². The Labute approximate surface area is 212 Å². The predicted molar refractivity (Wildman–Crippen MR) is 138 cm³/mol. The average Bonchev–Trinajstić information content (AvgIpc) is 2.81. The summed E-state index contributed by atoms with van der Waals surface area (Å²) in [6.45, 7) is 5.85. The van der Waals surface area contributed by atoms with Crippen LogP contribution in [0.5, 0.6) is 5.75 Å². The lowest BCUT2D eigenvalue weighted by molar-refractivity contribution is 0.102. The van der Waals surface area contributed by atoms with Crippen molar-refractivity contribution in [3.8, 4) is 5.75 Å². The summed E-state index contributed by atoms with van der Waals surface area (Å²) in [6.07, 6.45) is 5.99. The number of piperidine rings is 1. The second kappa shape index (κ2) is 12.2. The topological polar surface area (TPSA) is 75.7 Å². The van der Waals surface area contributed by atoms with Crippen molar-refractivity contribution in [2.24, 2.45) is 5.92 Å². The van der Waals surface area contributed by atoms with Gasteiger partial charge in [-0.15, -0.1) is 0 Å². The number of carbonyl (C=O) groups excluding carboxylic acids is 1. The molecule has 1 amide bonds. The Morgan fingerprint density at radius 1 is 1.06 bits per heavy atom. The first-order valence-electron chi connectivity index (χ1n) is 11.8. The summed E-state index contributed by atoms with van der Waals surface area (Å²) in [4.78, 5) is 12.9. The SMILES string of the molecule is CCCCCCOc1c(Cl)cc(C(=O)Nc2ccc(S(=O)(=O)N3CCC(C)CC3)cc2)cc1Cl. The maximum Gasteiger partial charge on any atom is 0.255 e. The third-order valence-corrected chi connectivity index (χ3v) is 8.47. The van der Waals surface area contributed by atoms with Gasteiger partial charge in [-0.05, 0) is 61.6 Å². The molecule has 0 saturated carbocycles. The fourth-order valence-electron chi connectivity index (χ4n) is 3.82. The number of sulfonamides is 1. The van der Waals surface area contributed by atoms with E-state index in [0.29, 0.717) is 37.1 Å². The summed E-state index contributed by atoms with van der Waals surface area (Å²) in [5.74, 6) is 0.509. The molecule has 1 fully saturated rings. The average molecular weight is 528 g/mol. The number of nitrogens with one attached hydrogen (secondary N) is 1. The molecule has 0 spiro atoms. The highest BCUT2D eigenvalue weighted by Gasteiger charge is 2.28. The maximum absolute atomic E-state index is 12.9. The number of hydrogen-bond donors (Lipinski definition) is 1. The molecule has 2 aromatic rings. The fraction of sp³-hybridized carbons (Fsp3) is 0.480. The first-order chi connectivity index (χ1) is 16.2. The minimum absolute atomic E-state index is 0.214. The van der Waals surface area contributed by atoms with Crippen molar-refractivity contribution in [1.82, 2.24) is 4.31 Å². The van der Waals surface area contributed by atoms with Crippen LogP contribution >= 0.6 is 23.2 Å². The maximum atomic E-state index is 12.9. The molecule has 186 valence electrons. The van der Waals surface area contributed by atoms with Crippen molar-refractivity contribution in [1.29, 1.82) is 0 Å². The highest BCUT2D eigenvalue weighted by Crippen LogP contribution is 2.35. The first-order valence-corrected chi connectivity index (χ1v) is 14.0. The second-order valence-corrected chi connectivity index (χ2v) is 11.5. The van der Waals surface area contributed by atoms with E-state index in [0.717, 1.165) is 38.5 Å². The molecule has 1 N–H and O–H groups in total. The van der Waals surface area contributed by atoms with Gasteiger partial charge in [-0.25, -0.2) is 8.42 Å². The Morgan fingerprint density at radius 3 is 2.26 bits per heavy atom. The standard InChI is InChI=1S/C25H32Cl2N2O4S/c1-3-4-5-6-15-33-24-22(26)16-19(17-23(24)27)25(30)28-20-7-9-21(10-8-20)34(31,32)29-13-11-18(2)12-14-29/h7-10,16-18H,3-6,11-15H2,1-2H3,(H,28,30). The molecule has 9 heteroatoms. The largest absolute Gasteiger partial charge is 0.490 e. The summed E-state index contributed by atoms with van der Waals surface area (Å²) in [7, 11) is -3.54. The lowest BCUT2D eigenvalue weighted by atomic mass is 10.0. The number of amides is 1. The van der Waals surface area contributed by atoms with E-state index in [1.165, 1.54) is 28.6 Å². The molecule has 0 unspecified atom stereocenters. The number of rotatable bonds is 10. The van der Waals surface area contributed by atoms with Crippen LogP contribution in [0.4, 0.5) is 5.69 Å². The molecular formula is C25H32Cl2N2O4S. The first kappa shape index (κ1) is 26.8. The van der Waals surface area contributed by atoms with Crippen LogP contribution in [0.3, 0.4) is 0 Å². The van der Waals surface area contributed by atoms with E-state index in [-0.39, 0.29) is 20.5 Å². The van der Waals surface area contributed by atoms with Gasteiger partial charge in [0, 0.05) is 24.3 Å². The lowest BCUT2D eigenvalue weighted by Gasteiger charge is -2.29. The minimum atomic E-state index is -3.54. The van der Waals surface area contributed by atoms with Crippen LogP contribution in [0.15, 0.2) is 41.3 Å². The molecule has 0 aromatic heterocycles. The molecule has 6 nitrogen and oxygen atoms in total. The number of ether oxygens (including phenoxy) is 1. The summed E-state index contributed by atoms with van der Waals surface area (Å²) < 4.78 is 33.0. The van der Waals surface area contributed by atoms with E-state index in [1.54, 1.807) is 12.1 Å². The van der Waals surface area contributed by atoms with E-state index in [2.05, 4.69) is 19.2 Å². The van der Waals surface area contributed by atoms with E-state index in [1.807, 2.05) is 0 Å². The Kier molecular flexibility index (Phi) is 9.65. The normalized spacial score (nSPS) is 15.3. The van der Waals surface area contributed by atoms with Crippen molar-refractivity contribution < 1.29 is 17.9 Å². The van der Waals surface area contributed by atoms with E-state index in [9.17, 15) is 13.2 Å². The highest BCUT2D eigenvalue weighted by molar-refractivity contribution is 7.89. The zero-order chi connectivity index (χ0) is 24.7. The zero-order valence-corrected chi connectivity index (χ0v) is 22.0. The summed E-state index contributed by atoms with van der Waals surface area (Å²) in [5, 5.41) is 3.29. The Morgan fingerprint density at radius 2 is 1.68 bits per heavy atom. The Balaban J connectivity index is 1.63. The third-order valence-electron chi connectivity index (χ3n) is 6.00. The minimum Gasteiger partial charge on any atom is -0.490 e. The van der Waals surface area contributed by atoms with Crippen LogP contribution in [-0.2, 0) is 10.0 Å². The summed E-state index contributed by atoms with van der Waals surface area (Å²) in [5.41, 5.74) is 0.757. The molecular weight excluding hydrogens is 495 g/mol. The van der Waals surface area contributed by atoms with Crippen LogP contribution in [0.25, 0.3) is 0 Å². The van der Waals surface area contributed by atoms with Gasteiger partial charge in [0.25, 0.3) is 5.91 Å². The lowest BCUT2D eigenvalue weighted by Crippen LogP contribution is -2.37. The Bertz CT molecular complexity index is 1060. The van der Waals surface area contributed by atoms with Crippen molar-refractivity contribution in [3.63, 3.8) is 0 Å². The molecule has 2 aromatic carbocycles. The molecule has 1 aliphatic rings. The van der Waals surface area contributed by atoms with Crippen molar-refractivity contribution >= 4 is 44.8 Å². The van der Waals surface area contributed by atoms with Gasteiger partial charge in [0.1, 0.15) is 0 Å². The Hall–Kier alpha value is -1.80. The molecule has 1 saturated heterocycles. The van der Waals surface area contributed by atoms with Crippen molar-refractivity contribution in [3.05, 3.63) is 52.0 Å². The molecule has 1 aliphatic heterocycles. The van der Waals surface area contributed by atoms with Crippen LogP contribution in [0.2, 0.25) is 10.0 Å². The number of anilines is 1. The van der Waals surface area contributed by atoms with Crippen LogP contribution in [0.1, 0.15) is 62.7 Å². The van der Waals surface area contributed by atoms with Gasteiger partial charge in [-0.2, -0.15) is 4.31 Å². The third kappa shape index (κ3) is 6.87. The zero-order valence-electron chi connectivity index (χ0n) is 19.6. The number of halogens is 2. The van der Waals surface area contributed by atoms with Gasteiger partial charge in [-0.3, -0.25) is 4.79 Å². The second-order valence-electron chi connectivity index (χ2n) is 8.74. The van der Waals surface area contributed by atoms with Crippen LogP contribution in [0, 0.1) is 5.92 Å². The molecule has 0 bridgehead atoms. The molecule has 0 atom stereocenters. The summed E-state index contributed by atoms with van der Waals surface area (Å²) >= 11 is 12.6. The number of unbranched alkanes of at least 4 members (excludes halogenated alkanes) is 3. The van der Waals surface area contributed by atoms with Gasteiger partial charge in [-0.1, -0.05) is 56.3 Å². The van der Waals surface area contributed by atoms with E-state index < -0.39 is 15.9 Å². The van der Waals surface area contributed by atoms with E-state index in [4.69, 9.17) is 27.9 Å². The van der Waals surface area contributed by atoms with Crippen molar-refractivity contribution in [2.75, 3.05) is 25.0 Å². The molecule has 0 aliphatic carbocycles. The molecule has 3 rings (SSSR count). The van der Waals surface area contributed by atoms with Crippen LogP contribution in [-0.4, -0.2) is 38.3 Å². The fourth-order valence-corrected chi connectivity index (χ4v) is 5.89. The smallest absolute Gasteiger partial charge is 0.255 e. The van der Waals surface area contributed by atoms with Crippen LogP contribution < -0.4 is 10.1 Å². The monoisotopic (exact) mass is 526 g/mol. The highest BCUT2D eigenvalue weighted by atomic mass is 35.5. The van der Waals surface area contributed by atoms with Gasteiger partial charge in [0.2, 0.25) is 10.0 Å². The summed E-state index contributed by atoms with van der Waals surface area (Å²) in [6, 6.07) is 9.21. The number of nitrogens with zero attached hydrogens (tertiary/aromatic N) is 1. The van der Waals surface area contributed by atoms with Crippen molar-refractivity contribution in [2.45, 2.75) is 57.3 Å². The van der Waals surface area contributed by atoms with Gasteiger partial charge in [0.05, 0.1) is 21.5 Å². The number of benzene rings is 2. The van der Waals surface area contributed by atoms with Gasteiger partial charge in [0.15, 0.2) is 5.75 Å². The molecule has 1 heterocycles. The molecule has 34 heavy (non-hydrogen) atoms. The quantitative estimate of drug-likeness (QED) is 0.352. The number of hydrogen-bond acceptors (Lipinski definition) is 4. The number of carbonyl (C=O) groups is 1. The van der Waals surface area contributed by atoms with Gasteiger partial charge >= 0.3 is 0 Å². The predicted octanol–water partition coefficient (Wildman–Crippen LogP) is 6.63. The van der Waals surface area contributed by atoms with E-state index >= 15 is 0 Å². The molecule has 0 radical (unpaired) electrons.